The first kappa shape index (κ1) is 11.8. The van der Waals surface area contributed by atoms with Gasteiger partial charge in [-0.25, -0.2) is 0 Å². The molecule has 80 valence electrons. The lowest BCUT2D eigenvalue weighted by molar-refractivity contribution is 0.104. The van der Waals surface area contributed by atoms with Crippen LogP contribution < -0.4 is 4.74 Å². The lowest BCUT2D eigenvalue weighted by Gasteiger charge is -2.04. The molecule has 0 saturated carbocycles. The molecule has 1 aromatic rings. The van der Waals surface area contributed by atoms with E-state index >= 15 is 0 Å². The van der Waals surface area contributed by atoms with Crippen molar-refractivity contribution in [2.45, 2.75) is 13.8 Å². The topological polar surface area (TPSA) is 26.3 Å². The normalized spacial score (nSPS) is 9.60. The summed E-state index contributed by atoms with van der Waals surface area (Å²) in [5.74, 6) is 0.531. The van der Waals surface area contributed by atoms with Gasteiger partial charge in [0.2, 0.25) is 0 Å². The van der Waals surface area contributed by atoms with Crippen molar-refractivity contribution in [3.63, 3.8) is 0 Å². The molecule has 0 heterocycles. The lowest BCUT2D eigenvalue weighted by atomic mass is 10.1. The second kappa shape index (κ2) is 4.99. The Hall–Kier alpha value is -1.28. The van der Waals surface area contributed by atoms with Gasteiger partial charge in [-0.3, -0.25) is 4.79 Å². The van der Waals surface area contributed by atoms with Crippen molar-refractivity contribution in [2.24, 2.45) is 0 Å². The van der Waals surface area contributed by atoms with Gasteiger partial charge < -0.3 is 4.74 Å². The fourth-order valence-corrected chi connectivity index (χ4v) is 1.37. The maximum atomic E-state index is 11.7. The highest BCUT2D eigenvalue weighted by Gasteiger charge is 2.08. The third-order valence-electron chi connectivity index (χ3n) is 1.86. The lowest BCUT2D eigenvalue weighted by Crippen LogP contribution is -1.97. The fourth-order valence-electron chi connectivity index (χ4n) is 1.16. The first-order valence-electron chi connectivity index (χ1n) is 4.57. The molecule has 0 saturated heterocycles. The SMILES string of the molecule is COc1ccc(Cl)c(C(=O)C=C(C)C)c1. The van der Waals surface area contributed by atoms with Crippen molar-refractivity contribution in [1.29, 1.82) is 0 Å². The Morgan fingerprint density at radius 2 is 2.07 bits per heavy atom. The molecule has 0 aliphatic heterocycles. The average Bonchev–Trinajstić information content (AvgIpc) is 2.17. The number of ketones is 1. The largest absolute Gasteiger partial charge is 0.497 e. The van der Waals surface area contributed by atoms with E-state index in [4.69, 9.17) is 16.3 Å². The Morgan fingerprint density at radius 1 is 1.40 bits per heavy atom. The monoisotopic (exact) mass is 224 g/mol. The van der Waals surface area contributed by atoms with Crippen LogP contribution in [0.15, 0.2) is 29.8 Å². The molecule has 0 fully saturated rings. The quantitative estimate of drug-likeness (QED) is 0.580. The van der Waals surface area contributed by atoms with Gasteiger partial charge in [-0.1, -0.05) is 17.2 Å². The van der Waals surface area contributed by atoms with Crippen LogP contribution in [0.5, 0.6) is 5.75 Å². The molecule has 0 aliphatic carbocycles. The summed E-state index contributed by atoms with van der Waals surface area (Å²) in [6, 6.07) is 5.03. The molecule has 1 rings (SSSR count). The number of allylic oxidation sites excluding steroid dienone is 2. The van der Waals surface area contributed by atoms with Crippen LogP contribution in [0.1, 0.15) is 24.2 Å². The van der Waals surface area contributed by atoms with Crippen molar-refractivity contribution in [2.75, 3.05) is 7.11 Å². The van der Waals surface area contributed by atoms with Gasteiger partial charge >= 0.3 is 0 Å². The predicted octanol–water partition coefficient (Wildman–Crippen LogP) is 3.50. The Labute approximate surface area is 94.5 Å². The van der Waals surface area contributed by atoms with Gasteiger partial charge in [-0.15, -0.1) is 0 Å². The molecule has 2 nitrogen and oxygen atoms in total. The van der Waals surface area contributed by atoms with Gasteiger partial charge in [-0.05, 0) is 38.1 Å². The molecule has 0 amide bonds. The zero-order valence-electron chi connectivity index (χ0n) is 9.00. The highest BCUT2D eigenvalue weighted by molar-refractivity contribution is 6.34. The number of methoxy groups -OCH3 is 1. The van der Waals surface area contributed by atoms with Gasteiger partial charge in [0.25, 0.3) is 0 Å². The first-order chi connectivity index (χ1) is 7.04. The number of carbonyl (C=O) groups excluding carboxylic acids is 1. The van der Waals surface area contributed by atoms with E-state index < -0.39 is 0 Å². The zero-order chi connectivity index (χ0) is 11.4. The van der Waals surface area contributed by atoms with Crippen LogP contribution in [0.4, 0.5) is 0 Å². The number of benzene rings is 1. The average molecular weight is 225 g/mol. The molecule has 0 aliphatic rings. The summed E-state index contributed by atoms with van der Waals surface area (Å²) in [4.78, 5) is 11.7. The predicted molar refractivity (Wildman–Crippen MR) is 61.8 cm³/mol. The van der Waals surface area contributed by atoms with E-state index in [2.05, 4.69) is 0 Å². The number of rotatable bonds is 3. The van der Waals surface area contributed by atoms with Gasteiger partial charge in [0.1, 0.15) is 5.75 Å². The third kappa shape index (κ3) is 3.10. The van der Waals surface area contributed by atoms with E-state index in [-0.39, 0.29) is 5.78 Å². The van der Waals surface area contributed by atoms with E-state index in [0.717, 1.165) is 5.57 Å². The van der Waals surface area contributed by atoms with Crippen molar-refractivity contribution in [3.8, 4) is 5.75 Å². The van der Waals surface area contributed by atoms with Crippen LogP contribution in [-0.2, 0) is 0 Å². The van der Waals surface area contributed by atoms with Crippen LogP contribution >= 0.6 is 11.6 Å². The minimum Gasteiger partial charge on any atom is -0.497 e. The molecule has 0 atom stereocenters. The zero-order valence-corrected chi connectivity index (χ0v) is 9.76. The van der Waals surface area contributed by atoms with Crippen LogP contribution in [0.25, 0.3) is 0 Å². The molecule has 0 unspecified atom stereocenters. The van der Waals surface area contributed by atoms with Crippen LogP contribution in [0.3, 0.4) is 0 Å². The molecule has 3 heteroatoms. The van der Waals surface area contributed by atoms with Crippen molar-refractivity contribution >= 4 is 17.4 Å². The molecule has 0 aromatic heterocycles. The summed E-state index contributed by atoms with van der Waals surface area (Å²) in [6.45, 7) is 3.73. The molecular weight excluding hydrogens is 212 g/mol. The van der Waals surface area contributed by atoms with Crippen LogP contribution in [0, 0.1) is 0 Å². The summed E-state index contributed by atoms with van der Waals surface area (Å²) < 4.78 is 5.03. The number of carbonyl (C=O) groups is 1. The summed E-state index contributed by atoms with van der Waals surface area (Å²) in [6.07, 6.45) is 1.56. The van der Waals surface area contributed by atoms with Gasteiger partial charge in [0.05, 0.1) is 12.1 Å². The van der Waals surface area contributed by atoms with Gasteiger partial charge in [0.15, 0.2) is 5.78 Å². The molecule has 1 aromatic carbocycles. The Morgan fingerprint density at radius 3 is 2.60 bits per heavy atom. The van der Waals surface area contributed by atoms with Crippen LogP contribution in [0.2, 0.25) is 5.02 Å². The van der Waals surface area contributed by atoms with Gasteiger partial charge in [-0.2, -0.15) is 0 Å². The van der Waals surface area contributed by atoms with E-state index in [1.54, 1.807) is 31.4 Å². The van der Waals surface area contributed by atoms with E-state index in [9.17, 15) is 4.79 Å². The third-order valence-corrected chi connectivity index (χ3v) is 2.19. The van der Waals surface area contributed by atoms with E-state index in [0.29, 0.717) is 16.3 Å². The number of halogens is 1. The Balaban J connectivity index is 3.12. The number of hydrogen-bond donors (Lipinski definition) is 0. The summed E-state index contributed by atoms with van der Waals surface area (Å²) in [7, 11) is 1.55. The second-order valence-corrected chi connectivity index (χ2v) is 3.84. The van der Waals surface area contributed by atoms with Gasteiger partial charge in [0, 0.05) is 5.56 Å². The molecular formula is C12H13ClO2. The molecule has 0 bridgehead atoms. The minimum absolute atomic E-state index is 0.0982. The molecule has 15 heavy (non-hydrogen) atoms. The highest BCUT2D eigenvalue weighted by atomic mass is 35.5. The van der Waals surface area contributed by atoms with Crippen molar-refractivity contribution < 1.29 is 9.53 Å². The van der Waals surface area contributed by atoms with Crippen LogP contribution in [-0.4, -0.2) is 12.9 Å². The fraction of sp³-hybridized carbons (Fsp3) is 0.250. The molecule has 0 radical (unpaired) electrons. The Kier molecular flexibility index (Phi) is 3.92. The highest BCUT2D eigenvalue weighted by Crippen LogP contribution is 2.22. The van der Waals surface area contributed by atoms with Crippen molar-refractivity contribution in [3.05, 3.63) is 40.4 Å². The summed E-state index contributed by atoms with van der Waals surface area (Å²) in [5.41, 5.74) is 1.41. The summed E-state index contributed by atoms with van der Waals surface area (Å²) in [5, 5.41) is 0.443. The molecule has 0 spiro atoms. The first-order valence-corrected chi connectivity index (χ1v) is 4.95. The number of ether oxygens (including phenoxy) is 1. The summed E-state index contributed by atoms with van der Waals surface area (Å²) >= 11 is 5.93. The Bertz CT molecular complexity index is 404. The smallest absolute Gasteiger partial charge is 0.187 e. The van der Waals surface area contributed by atoms with Crippen molar-refractivity contribution in [1.82, 2.24) is 0 Å². The maximum Gasteiger partial charge on any atom is 0.187 e. The molecule has 0 N–H and O–H groups in total. The van der Waals surface area contributed by atoms with E-state index in [1.807, 2.05) is 13.8 Å². The maximum absolute atomic E-state index is 11.7. The van der Waals surface area contributed by atoms with E-state index in [1.165, 1.54) is 0 Å². The second-order valence-electron chi connectivity index (χ2n) is 3.43. The minimum atomic E-state index is -0.0982. The number of hydrogen-bond acceptors (Lipinski definition) is 2. The standard InChI is InChI=1S/C12H13ClO2/c1-8(2)6-12(14)10-7-9(15-3)4-5-11(10)13/h4-7H,1-3H3.